The van der Waals surface area contributed by atoms with Crippen molar-refractivity contribution in [3.05, 3.63) is 59.2 Å². The number of aliphatic hydroxyl groups is 1. The molecule has 0 aliphatic heterocycles. The number of aliphatic hydroxyl groups excluding tert-OH is 1. The number of nitrogens with zero attached hydrogens (tertiary/aromatic N) is 2. The Labute approximate surface area is 224 Å². The van der Waals surface area contributed by atoms with Gasteiger partial charge in [-0.2, -0.15) is 8.75 Å². The fraction of sp³-hybridized carbons (Fsp3) is 0.360. The van der Waals surface area contributed by atoms with E-state index >= 15 is 0 Å². The number of fused-ring (bicyclic) bond motifs is 1. The summed E-state index contributed by atoms with van der Waals surface area (Å²) in [5, 5.41) is 22.7. The van der Waals surface area contributed by atoms with Crippen LogP contribution >= 0.6 is 11.7 Å². The van der Waals surface area contributed by atoms with E-state index in [1.54, 1.807) is 42.5 Å². The standard InChI is InChI=1S/C25H26N2O5S.Na/c1-14(2)32-18-9-6-15(7-10-18)24(29)19(12-16-4-3-5-22(16)28)23(25(30)31)17-8-11-20-21(13-17)27-33-26-20;/h6-11,13-14,16,22,28H,3-5,12H2,1-2H3,(H,30,31);/q;+1/p-1. The number of carbonyl (C=O) groups excluding carboxylic acids is 2. The molecule has 1 aromatic heterocycles. The summed E-state index contributed by atoms with van der Waals surface area (Å²) < 4.78 is 14.0. The zero-order valence-corrected chi connectivity index (χ0v) is 22.3. The van der Waals surface area contributed by atoms with Crippen molar-refractivity contribution in [1.82, 2.24) is 8.75 Å². The largest absolute Gasteiger partial charge is 1.00 e. The molecule has 1 saturated carbocycles. The van der Waals surface area contributed by atoms with Crippen molar-refractivity contribution in [3.63, 3.8) is 0 Å². The maximum Gasteiger partial charge on any atom is 1.00 e. The van der Waals surface area contributed by atoms with Crippen molar-refractivity contribution in [2.75, 3.05) is 0 Å². The van der Waals surface area contributed by atoms with Crippen LogP contribution in [0.5, 0.6) is 5.75 Å². The molecule has 0 bridgehead atoms. The molecule has 9 heteroatoms. The van der Waals surface area contributed by atoms with Gasteiger partial charge in [0.05, 0.1) is 29.9 Å². The second kappa shape index (κ2) is 11.6. The van der Waals surface area contributed by atoms with E-state index in [0.717, 1.165) is 24.6 Å². The van der Waals surface area contributed by atoms with E-state index in [2.05, 4.69) is 8.75 Å². The van der Waals surface area contributed by atoms with Gasteiger partial charge in [-0.25, -0.2) is 0 Å². The minimum absolute atomic E-state index is 0. The Bertz CT molecular complexity index is 1210. The number of aliphatic carboxylic acids is 1. The topological polar surface area (TPSA) is 112 Å². The molecule has 1 fully saturated rings. The number of carboxylic acid groups (broad SMARTS) is 1. The summed E-state index contributed by atoms with van der Waals surface area (Å²) in [6.45, 7) is 3.82. The molecule has 1 heterocycles. The van der Waals surface area contributed by atoms with Gasteiger partial charge in [-0.05, 0) is 81.0 Å². The van der Waals surface area contributed by atoms with Gasteiger partial charge in [0.2, 0.25) is 0 Å². The van der Waals surface area contributed by atoms with Gasteiger partial charge in [0.1, 0.15) is 16.8 Å². The van der Waals surface area contributed by atoms with Gasteiger partial charge in [0.25, 0.3) is 0 Å². The number of ether oxygens (including phenoxy) is 1. The molecule has 0 amide bonds. The van der Waals surface area contributed by atoms with Crippen molar-refractivity contribution < 1.29 is 54.1 Å². The van der Waals surface area contributed by atoms with Crippen LogP contribution in [0.15, 0.2) is 48.0 Å². The first kappa shape index (κ1) is 26.5. The number of allylic oxidation sites excluding steroid dienone is 1. The number of ketones is 1. The van der Waals surface area contributed by atoms with Crippen LogP contribution in [0.2, 0.25) is 0 Å². The monoisotopic (exact) mass is 488 g/mol. The Kier molecular flexibility index (Phi) is 9.01. The molecule has 1 aliphatic carbocycles. The molecule has 172 valence electrons. The van der Waals surface area contributed by atoms with E-state index in [1.165, 1.54) is 0 Å². The molecule has 0 radical (unpaired) electrons. The van der Waals surface area contributed by atoms with Crippen LogP contribution in [0.3, 0.4) is 0 Å². The molecule has 2 unspecified atom stereocenters. The molecule has 1 aliphatic rings. The van der Waals surface area contributed by atoms with Crippen LogP contribution in [0, 0.1) is 5.92 Å². The third kappa shape index (κ3) is 5.93. The van der Waals surface area contributed by atoms with Crippen LogP contribution in [-0.2, 0) is 4.79 Å². The SMILES string of the molecule is CC(C)Oc1ccc(C(=O)C(CC2CCCC2O)=C(C(=O)[O-])c2ccc3nsnc3c2)cc1.[Na+]. The van der Waals surface area contributed by atoms with Gasteiger partial charge in [-0.3, -0.25) is 4.79 Å². The number of rotatable bonds is 8. The van der Waals surface area contributed by atoms with E-state index in [9.17, 15) is 19.8 Å². The Balaban J connectivity index is 0.00000324. The Morgan fingerprint density at radius 2 is 1.76 bits per heavy atom. The maximum absolute atomic E-state index is 13.6. The van der Waals surface area contributed by atoms with Crippen molar-refractivity contribution in [2.24, 2.45) is 5.92 Å². The van der Waals surface area contributed by atoms with Crippen molar-refractivity contribution >= 4 is 40.1 Å². The number of carboxylic acids is 1. The normalized spacial score (nSPS) is 18.5. The summed E-state index contributed by atoms with van der Waals surface area (Å²) in [7, 11) is 0. The van der Waals surface area contributed by atoms with E-state index in [1.807, 2.05) is 13.8 Å². The molecule has 1 N–H and O–H groups in total. The second-order valence-corrected chi connectivity index (χ2v) is 9.12. The summed E-state index contributed by atoms with van der Waals surface area (Å²) in [6.07, 6.45) is 1.79. The van der Waals surface area contributed by atoms with Crippen molar-refractivity contribution in [3.8, 4) is 5.75 Å². The Morgan fingerprint density at radius 3 is 2.38 bits per heavy atom. The molecule has 2 aromatic carbocycles. The maximum atomic E-state index is 13.6. The number of carbonyl (C=O) groups is 2. The van der Waals surface area contributed by atoms with Gasteiger partial charge >= 0.3 is 29.6 Å². The van der Waals surface area contributed by atoms with E-state index in [-0.39, 0.29) is 59.1 Å². The molecule has 34 heavy (non-hydrogen) atoms. The van der Waals surface area contributed by atoms with Crippen LogP contribution in [0.25, 0.3) is 16.6 Å². The molecule has 0 spiro atoms. The zero-order valence-electron chi connectivity index (χ0n) is 19.5. The molecule has 0 saturated heterocycles. The summed E-state index contributed by atoms with van der Waals surface area (Å²) in [4.78, 5) is 26.0. The fourth-order valence-electron chi connectivity index (χ4n) is 4.31. The summed E-state index contributed by atoms with van der Waals surface area (Å²) in [5.74, 6) is -1.40. The predicted molar refractivity (Wildman–Crippen MR) is 124 cm³/mol. The van der Waals surface area contributed by atoms with E-state index < -0.39 is 17.9 Å². The average molecular weight is 489 g/mol. The first-order chi connectivity index (χ1) is 15.8. The Hall–Kier alpha value is -2.10. The molecular formula is C25H25N2NaO5S. The number of aromatic nitrogens is 2. The molecule has 3 aromatic rings. The average Bonchev–Trinajstić information content (AvgIpc) is 3.41. The van der Waals surface area contributed by atoms with Crippen molar-refractivity contribution in [2.45, 2.75) is 51.7 Å². The van der Waals surface area contributed by atoms with Crippen LogP contribution in [0.1, 0.15) is 55.5 Å². The van der Waals surface area contributed by atoms with Crippen molar-refractivity contribution in [1.29, 1.82) is 0 Å². The second-order valence-electron chi connectivity index (χ2n) is 8.59. The minimum atomic E-state index is -1.44. The molecule has 4 rings (SSSR count). The van der Waals surface area contributed by atoms with E-state index in [0.29, 0.717) is 34.3 Å². The van der Waals surface area contributed by atoms with Gasteiger partial charge in [-0.1, -0.05) is 12.5 Å². The number of hydrogen-bond acceptors (Lipinski definition) is 8. The third-order valence-corrected chi connectivity index (χ3v) is 6.45. The van der Waals surface area contributed by atoms with Gasteiger partial charge < -0.3 is 19.7 Å². The first-order valence-corrected chi connectivity index (χ1v) is 11.7. The number of hydrogen-bond donors (Lipinski definition) is 1. The van der Waals surface area contributed by atoms with Crippen LogP contribution < -0.4 is 39.4 Å². The fourth-order valence-corrected chi connectivity index (χ4v) is 4.83. The quantitative estimate of drug-likeness (QED) is 0.278. The number of benzene rings is 2. The molecular weight excluding hydrogens is 463 g/mol. The summed E-state index contributed by atoms with van der Waals surface area (Å²) >= 11 is 1.03. The van der Waals surface area contributed by atoms with E-state index in [4.69, 9.17) is 4.74 Å². The third-order valence-electron chi connectivity index (χ3n) is 5.90. The summed E-state index contributed by atoms with van der Waals surface area (Å²) in [6, 6.07) is 11.6. The molecule has 7 nitrogen and oxygen atoms in total. The minimum Gasteiger partial charge on any atom is -0.545 e. The summed E-state index contributed by atoms with van der Waals surface area (Å²) in [5.41, 5.74) is 1.85. The first-order valence-electron chi connectivity index (χ1n) is 11.0. The van der Waals surface area contributed by atoms with Gasteiger partial charge in [0.15, 0.2) is 5.78 Å². The number of Topliss-reactive ketones (excluding diaryl/α,β-unsaturated/α-hetero) is 1. The Morgan fingerprint density at radius 1 is 1.09 bits per heavy atom. The smallest absolute Gasteiger partial charge is 0.545 e. The van der Waals surface area contributed by atoms with Gasteiger partial charge in [-0.15, -0.1) is 0 Å². The predicted octanol–water partition coefficient (Wildman–Crippen LogP) is 0.420. The molecule has 2 atom stereocenters. The van der Waals surface area contributed by atoms with Crippen LogP contribution in [-0.4, -0.2) is 37.8 Å². The zero-order chi connectivity index (χ0) is 23.5. The van der Waals surface area contributed by atoms with Crippen LogP contribution in [0.4, 0.5) is 0 Å². The van der Waals surface area contributed by atoms with Gasteiger partial charge in [0, 0.05) is 16.7 Å².